The van der Waals surface area contributed by atoms with Gasteiger partial charge in [-0.05, 0) is 23.7 Å². The number of hydrogen-bond acceptors (Lipinski definition) is 3. The molecule has 0 aliphatic carbocycles. The predicted octanol–water partition coefficient (Wildman–Crippen LogP) is 2.12. The SMILES string of the molecule is O=C=NC(=O)N=C(Cl)Oc1ccccc1. The van der Waals surface area contributed by atoms with Gasteiger partial charge in [-0.15, -0.1) is 9.98 Å². The van der Waals surface area contributed by atoms with E-state index in [0.717, 1.165) is 6.08 Å². The van der Waals surface area contributed by atoms with Gasteiger partial charge < -0.3 is 4.74 Å². The molecular weight excluding hydrogens is 220 g/mol. The molecule has 0 atom stereocenters. The summed E-state index contributed by atoms with van der Waals surface area (Å²) in [5, 5.41) is -0.412. The summed E-state index contributed by atoms with van der Waals surface area (Å²) in [5.41, 5.74) is 0. The highest BCUT2D eigenvalue weighted by Gasteiger charge is 2.01. The number of ether oxygens (including phenoxy) is 1. The summed E-state index contributed by atoms with van der Waals surface area (Å²) in [6.45, 7) is 0. The van der Waals surface area contributed by atoms with Gasteiger partial charge in [0, 0.05) is 0 Å². The molecule has 0 radical (unpaired) electrons. The van der Waals surface area contributed by atoms with Crippen molar-refractivity contribution in [3.05, 3.63) is 30.3 Å². The largest absolute Gasteiger partial charge is 0.430 e. The van der Waals surface area contributed by atoms with Gasteiger partial charge in [0.05, 0.1) is 0 Å². The van der Waals surface area contributed by atoms with Crippen molar-refractivity contribution in [1.29, 1.82) is 0 Å². The van der Waals surface area contributed by atoms with Crippen LogP contribution in [0.3, 0.4) is 0 Å². The molecule has 0 saturated carbocycles. The Morgan fingerprint density at radius 1 is 1.33 bits per heavy atom. The maximum Gasteiger partial charge on any atom is 0.381 e. The van der Waals surface area contributed by atoms with Crippen LogP contribution in [0.5, 0.6) is 5.75 Å². The second-order valence-corrected chi connectivity index (χ2v) is 2.59. The van der Waals surface area contributed by atoms with E-state index in [9.17, 15) is 9.59 Å². The van der Waals surface area contributed by atoms with Crippen LogP contribution in [-0.4, -0.2) is 17.5 Å². The van der Waals surface area contributed by atoms with Crippen molar-refractivity contribution >= 4 is 29.1 Å². The van der Waals surface area contributed by atoms with Gasteiger partial charge in [0.15, 0.2) is 0 Å². The number of aliphatic imine (C=N–C) groups is 2. The van der Waals surface area contributed by atoms with Gasteiger partial charge in [-0.25, -0.2) is 9.59 Å². The van der Waals surface area contributed by atoms with Crippen molar-refractivity contribution in [2.45, 2.75) is 0 Å². The summed E-state index contributed by atoms with van der Waals surface area (Å²) < 4.78 is 4.94. The minimum Gasteiger partial charge on any atom is -0.430 e. The van der Waals surface area contributed by atoms with Crippen molar-refractivity contribution in [3.8, 4) is 5.75 Å². The number of nitrogens with zero attached hydrogens (tertiary/aromatic N) is 2. The molecule has 0 unspecified atom stereocenters. The number of urea groups is 1. The van der Waals surface area contributed by atoms with Crippen molar-refractivity contribution in [1.82, 2.24) is 0 Å². The fraction of sp³-hybridized carbons (Fsp3) is 0. The maximum absolute atomic E-state index is 10.7. The number of carbonyl (C=O) groups is 1. The normalized spacial score (nSPS) is 10.3. The van der Waals surface area contributed by atoms with Crippen molar-refractivity contribution < 1.29 is 14.3 Å². The zero-order valence-corrected chi connectivity index (χ0v) is 8.14. The fourth-order valence-electron chi connectivity index (χ4n) is 0.748. The van der Waals surface area contributed by atoms with E-state index < -0.39 is 11.4 Å². The molecule has 1 aromatic rings. The predicted molar refractivity (Wildman–Crippen MR) is 53.9 cm³/mol. The summed E-state index contributed by atoms with van der Waals surface area (Å²) in [4.78, 5) is 26.2. The van der Waals surface area contributed by atoms with E-state index in [0.29, 0.717) is 5.75 Å². The number of rotatable bonds is 1. The molecule has 2 amide bonds. The van der Waals surface area contributed by atoms with E-state index in [-0.39, 0.29) is 0 Å². The third-order valence-electron chi connectivity index (χ3n) is 1.27. The van der Waals surface area contributed by atoms with Crippen LogP contribution in [0.2, 0.25) is 0 Å². The number of halogens is 1. The summed E-state index contributed by atoms with van der Waals surface area (Å²) in [5.74, 6) is 0.425. The average Bonchev–Trinajstić information content (AvgIpc) is 2.19. The van der Waals surface area contributed by atoms with Crippen LogP contribution in [0.4, 0.5) is 4.79 Å². The smallest absolute Gasteiger partial charge is 0.381 e. The van der Waals surface area contributed by atoms with Crippen LogP contribution >= 0.6 is 11.6 Å². The molecule has 76 valence electrons. The average molecular weight is 225 g/mol. The lowest BCUT2D eigenvalue weighted by molar-refractivity contribution is 0.256. The first-order valence-corrected chi connectivity index (χ1v) is 4.19. The van der Waals surface area contributed by atoms with Crippen LogP contribution < -0.4 is 4.74 Å². The first-order chi connectivity index (χ1) is 7.22. The summed E-state index contributed by atoms with van der Waals surface area (Å²) >= 11 is 5.46. The Hall–Kier alpha value is -1.97. The molecule has 0 aliphatic rings. The Labute approximate surface area is 90.1 Å². The summed E-state index contributed by atoms with van der Waals surface area (Å²) in [6, 6.07) is 7.44. The number of hydrogen-bond donors (Lipinski definition) is 0. The Kier molecular flexibility index (Phi) is 4.22. The molecule has 0 saturated heterocycles. The molecule has 1 aromatic carbocycles. The van der Waals surface area contributed by atoms with Crippen molar-refractivity contribution in [3.63, 3.8) is 0 Å². The van der Waals surface area contributed by atoms with Gasteiger partial charge in [0.1, 0.15) is 5.75 Å². The standard InChI is InChI=1S/C9H5ClN2O3/c10-8(12-9(14)11-6-13)15-7-4-2-1-3-5-7/h1-5H. The zero-order valence-electron chi connectivity index (χ0n) is 7.38. The highest BCUT2D eigenvalue weighted by atomic mass is 35.5. The lowest BCUT2D eigenvalue weighted by Crippen LogP contribution is -2.02. The number of amides is 2. The quantitative estimate of drug-likeness (QED) is 0.417. The van der Waals surface area contributed by atoms with Crippen LogP contribution in [0.15, 0.2) is 40.3 Å². The number of benzene rings is 1. The van der Waals surface area contributed by atoms with Gasteiger partial charge in [0.25, 0.3) is 5.36 Å². The lowest BCUT2D eigenvalue weighted by Gasteiger charge is -1.99. The molecular formula is C9H5ClN2O3. The van der Waals surface area contributed by atoms with E-state index in [2.05, 4.69) is 9.98 Å². The van der Waals surface area contributed by atoms with Crippen LogP contribution in [0.25, 0.3) is 0 Å². The van der Waals surface area contributed by atoms with Crippen molar-refractivity contribution in [2.75, 3.05) is 0 Å². The Balaban J connectivity index is 2.67. The van der Waals surface area contributed by atoms with Gasteiger partial charge >= 0.3 is 6.03 Å². The Morgan fingerprint density at radius 2 is 2.00 bits per heavy atom. The van der Waals surface area contributed by atoms with E-state index in [4.69, 9.17) is 16.3 Å². The third-order valence-corrected chi connectivity index (χ3v) is 1.43. The van der Waals surface area contributed by atoms with Crippen molar-refractivity contribution in [2.24, 2.45) is 9.98 Å². The molecule has 0 fully saturated rings. The van der Waals surface area contributed by atoms with Crippen LogP contribution in [-0.2, 0) is 4.79 Å². The molecule has 15 heavy (non-hydrogen) atoms. The highest BCUT2D eigenvalue weighted by molar-refractivity contribution is 6.63. The third kappa shape index (κ3) is 4.17. The summed E-state index contributed by atoms with van der Waals surface area (Å²) in [7, 11) is 0. The number of para-hydroxylation sites is 1. The fourth-order valence-corrected chi connectivity index (χ4v) is 0.909. The molecule has 0 aliphatic heterocycles. The number of carbonyl (C=O) groups excluding carboxylic acids is 2. The van der Waals surface area contributed by atoms with E-state index in [1.165, 1.54) is 0 Å². The molecule has 0 N–H and O–H groups in total. The van der Waals surface area contributed by atoms with E-state index >= 15 is 0 Å². The van der Waals surface area contributed by atoms with Gasteiger partial charge in [0.2, 0.25) is 6.08 Å². The van der Waals surface area contributed by atoms with Crippen LogP contribution in [0, 0.1) is 0 Å². The van der Waals surface area contributed by atoms with Crippen LogP contribution in [0.1, 0.15) is 0 Å². The molecule has 5 nitrogen and oxygen atoms in total. The molecule has 0 aromatic heterocycles. The molecule has 6 heteroatoms. The monoisotopic (exact) mass is 224 g/mol. The van der Waals surface area contributed by atoms with E-state index in [1.807, 2.05) is 0 Å². The second-order valence-electron chi connectivity index (χ2n) is 2.27. The van der Waals surface area contributed by atoms with Gasteiger partial charge in [-0.2, -0.15) is 0 Å². The molecule has 0 bridgehead atoms. The summed E-state index contributed by atoms with van der Waals surface area (Å²) in [6.07, 6.45) is 1.04. The van der Waals surface area contributed by atoms with E-state index in [1.54, 1.807) is 30.3 Å². The number of isocyanates is 1. The first kappa shape index (κ1) is 11.1. The highest BCUT2D eigenvalue weighted by Crippen LogP contribution is 2.10. The molecule has 0 spiro atoms. The minimum absolute atomic E-state index is 0.412. The lowest BCUT2D eigenvalue weighted by atomic mass is 10.3. The van der Waals surface area contributed by atoms with Gasteiger partial charge in [-0.1, -0.05) is 18.2 Å². The molecule has 0 heterocycles. The Morgan fingerprint density at radius 3 is 2.60 bits per heavy atom. The zero-order chi connectivity index (χ0) is 11.1. The van der Waals surface area contributed by atoms with Gasteiger partial charge in [-0.3, -0.25) is 0 Å². The Bertz CT molecular complexity index is 424. The maximum atomic E-state index is 10.7. The minimum atomic E-state index is -1.06. The topological polar surface area (TPSA) is 68.1 Å². The molecule has 1 rings (SSSR count). The first-order valence-electron chi connectivity index (χ1n) is 3.81. The second kappa shape index (κ2) is 5.70.